The molecule has 1 unspecified atom stereocenters. The zero-order valence-electron chi connectivity index (χ0n) is 19.2. The summed E-state index contributed by atoms with van der Waals surface area (Å²) in [6.45, 7) is 3.88. The minimum atomic E-state index is -2.96. The van der Waals surface area contributed by atoms with Gasteiger partial charge in [0.15, 0.2) is 6.10 Å². The van der Waals surface area contributed by atoms with Crippen LogP contribution in [0.3, 0.4) is 0 Å². The highest BCUT2D eigenvalue weighted by Crippen LogP contribution is 2.16. The van der Waals surface area contributed by atoms with E-state index >= 15 is 0 Å². The van der Waals surface area contributed by atoms with E-state index in [0.717, 1.165) is 19.3 Å². The van der Waals surface area contributed by atoms with Crippen molar-refractivity contribution in [3.63, 3.8) is 0 Å². The number of carbonyl (C=O) groups is 1. The molecular formula is C24H48O5. The van der Waals surface area contributed by atoms with Crippen LogP contribution in [-0.4, -0.2) is 33.4 Å². The van der Waals surface area contributed by atoms with Crippen molar-refractivity contribution in [1.29, 1.82) is 0 Å². The Morgan fingerprint density at radius 1 is 0.655 bits per heavy atom. The lowest BCUT2D eigenvalue weighted by molar-refractivity contribution is -0.356. The Labute approximate surface area is 179 Å². The van der Waals surface area contributed by atoms with Crippen molar-refractivity contribution in [3.05, 3.63) is 0 Å². The van der Waals surface area contributed by atoms with Crippen LogP contribution in [0.2, 0.25) is 0 Å². The average molecular weight is 417 g/mol. The van der Waals surface area contributed by atoms with E-state index in [1.807, 2.05) is 0 Å². The topological polar surface area (TPSA) is 87.0 Å². The standard InChI is InChI=1S/C24H48O5/c1-3-5-6-7-8-9-10-11-12-13-14-15-16-17-18-19-20-21-23(25)29-22(4-2)24(26,27)28/h22,26-28H,3-21H2,1-2H3. The van der Waals surface area contributed by atoms with Gasteiger partial charge in [-0.25, -0.2) is 0 Å². The monoisotopic (exact) mass is 416 g/mol. The molecule has 0 saturated heterocycles. The third-order valence-corrected chi connectivity index (χ3v) is 5.56. The van der Waals surface area contributed by atoms with E-state index in [1.165, 1.54) is 89.9 Å². The number of carbonyl (C=O) groups excluding carboxylic acids is 1. The number of hydrogen-bond donors (Lipinski definition) is 3. The van der Waals surface area contributed by atoms with Gasteiger partial charge in [-0.2, -0.15) is 0 Å². The van der Waals surface area contributed by atoms with Crippen LogP contribution in [0.1, 0.15) is 136 Å². The Balaban J connectivity index is 3.30. The van der Waals surface area contributed by atoms with Crippen LogP contribution >= 0.6 is 0 Å². The largest absolute Gasteiger partial charge is 0.454 e. The van der Waals surface area contributed by atoms with Crippen LogP contribution in [0, 0.1) is 0 Å². The summed E-state index contributed by atoms with van der Waals surface area (Å²) < 4.78 is 4.90. The maximum absolute atomic E-state index is 11.7. The summed E-state index contributed by atoms with van der Waals surface area (Å²) in [5.74, 6) is -3.45. The summed E-state index contributed by atoms with van der Waals surface area (Å²) in [5, 5.41) is 27.2. The summed E-state index contributed by atoms with van der Waals surface area (Å²) >= 11 is 0. The first kappa shape index (κ1) is 28.4. The number of esters is 1. The van der Waals surface area contributed by atoms with Gasteiger partial charge < -0.3 is 20.1 Å². The molecule has 0 radical (unpaired) electrons. The fourth-order valence-corrected chi connectivity index (χ4v) is 3.65. The number of hydrogen-bond acceptors (Lipinski definition) is 5. The predicted molar refractivity (Wildman–Crippen MR) is 118 cm³/mol. The third kappa shape index (κ3) is 19.1. The van der Waals surface area contributed by atoms with Crippen LogP contribution in [0.5, 0.6) is 0 Å². The van der Waals surface area contributed by atoms with E-state index < -0.39 is 18.0 Å². The maximum atomic E-state index is 11.7. The maximum Gasteiger partial charge on any atom is 0.314 e. The van der Waals surface area contributed by atoms with E-state index in [0.29, 0.717) is 0 Å². The summed E-state index contributed by atoms with van der Waals surface area (Å²) in [6, 6.07) is 0. The molecule has 5 nitrogen and oxygen atoms in total. The fraction of sp³-hybridized carbons (Fsp3) is 0.958. The van der Waals surface area contributed by atoms with E-state index in [4.69, 9.17) is 20.1 Å². The lowest BCUT2D eigenvalue weighted by Gasteiger charge is -2.24. The van der Waals surface area contributed by atoms with Crippen molar-refractivity contribution in [2.45, 2.75) is 148 Å². The Hall–Kier alpha value is -0.650. The number of ether oxygens (including phenoxy) is 1. The molecule has 0 heterocycles. The molecule has 29 heavy (non-hydrogen) atoms. The van der Waals surface area contributed by atoms with Crippen molar-refractivity contribution >= 4 is 5.97 Å². The van der Waals surface area contributed by atoms with Crippen LogP contribution in [0.25, 0.3) is 0 Å². The minimum absolute atomic E-state index is 0.147. The van der Waals surface area contributed by atoms with Gasteiger partial charge in [0.25, 0.3) is 0 Å². The molecule has 0 aliphatic rings. The number of unbranched alkanes of at least 4 members (excludes halogenated alkanes) is 16. The fourth-order valence-electron chi connectivity index (χ4n) is 3.65. The second kappa shape index (κ2) is 19.3. The first-order valence-corrected chi connectivity index (χ1v) is 12.3. The van der Waals surface area contributed by atoms with Gasteiger partial charge in [-0.05, 0) is 12.8 Å². The predicted octanol–water partition coefficient (Wildman–Crippen LogP) is 5.98. The van der Waals surface area contributed by atoms with Crippen molar-refractivity contribution in [2.75, 3.05) is 0 Å². The van der Waals surface area contributed by atoms with Crippen molar-refractivity contribution in [1.82, 2.24) is 0 Å². The molecule has 0 fully saturated rings. The zero-order valence-corrected chi connectivity index (χ0v) is 19.2. The highest BCUT2D eigenvalue weighted by atomic mass is 16.7. The van der Waals surface area contributed by atoms with Crippen LogP contribution in [-0.2, 0) is 9.53 Å². The third-order valence-electron chi connectivity index (χ3n) is 5.56. The zero-order chi connectivity index (χ0) is 21.8. The Bertz CT molecular complexity index is 365. The molecule has 0 aromatic heterocycles. The van der Waals surface area contributed by atoms with Gasteiger partial charge in [-0.15, -0.1) is 0 Å². The van der Waals surface area contributed by atoms with Crippen LogP contribution in [0.15, 0.2) is 0 Å². The Morgan fingerprint density at radius 2 is 1.00 bits per heavy atom. The molecule has 0 bridgehead atoms. The van der Waals surface area contributed by atoms with Gasteiger partial charge in [0.2, 0.25) is 0 Å². The molecule has 0 amide bonds. The van der Waals surface area contributed by atoms with Gasteiger partial charge >= 0.3 is 11.9 Å². The first-order chi connectivity index (χ1) is 13.9. The second-order valence-corrected chi connectivity index (χ2v) is 8.48. The molecule has 0 aromatic rings. The summed E-state index contributed by atoms with van der Waals surface area (Å²) in [6.07, 6.45) is 21.0. The molecule has 0 saturated carbocycles. The summed E-state index contributed by atoms with van der Waals surface area (Å²) in [5.41, 5.74) is 0. The quantitative estimate of drug-likeness (QED) is 0.122. The average Bonchev–Trinajstić information content (AvgIpc) is 2.67. The minimum Gasteiger partial charge on any atom is -0.454 e. The van der Waals surface area contributed by atoms with Gasteiger partial charge in [0.05, 0.1) is 0 Å². The van der Waals surface area contributed by atoms with Crippen LogP contribution in [0.4, 0.5) is 0 Å². The Kier molecular flexibility index (Phi) is 18.9. The lowest BCUT2D eigenvalue weighted by atomic mass is 10.0. The molecular weight excluding hydrogens is 368 g/mol. The molecule has 0 aliphatic heterocycles. The second-order valence-electron chi connectivity index (χ2n) is 8.48. The normalized spacial score (nSPS) is 12.9. The highest BCUT2D eigenvalue weighted by molar-refractivity contribution is 5.69. The number of aliphatic hydroxyl groups is 3. The molecule has 0 aromatic carbocycles. The molecule has 0 spiro atoms. The van der Waals surface area contributed by atoms with Gasteiger partial charge in [-0.1, -0.05) is 117 Å². The highest BCUT2D eigenvalue weighted by Gasteiger charge is 2.33. The van der Waals surface area contributed by atoms with E-state index in [-0.39, 0.29) is 12.8 Å². The Morgan fingerprint density at radius 3 is 1.31 bits per heavy atom. The van der Waals surface area contributed by atoms with E-state index in [9.17, 15) is 4.79 Å². The molecule has 1 atom stereocenters. The first-order valence-electron chi connectivity index (χ1n) is 12.3. The smallest absolute Gasteiger partial charge is 0.314 e. The van der Waals surface area contributed by atoms with Crippen molar-refractivity contribution < 1.29 is 24.9 Å². The van der Waals surface area contributed by atoms with Crippen molar-refractivity contribution in [2.24, 2.45) is 0 Å². The summed E-state index contributed by atoms with van der Waals surface area (Å²) in [4.78, 5) is 11.7. The van der Waals surface area contributed by atoms with Gasteiger partial charge in [0, 0.05) is 6.42 Å². The van der Waals surface area contributed by atoms with Crippen molar-refractivity contribution in [3.8, 4) is 0 Å². The lowest BCUT2D eigenvalue weighted by Crippen LogP contribution is -2.44. The van der Waals surface area contributed by atoms with E-state index in [2.05, 4.69) is 6.92 Å². The van der Waals surface area contributed by atoms with Crippen LogP contribution < -0.4 is 0 Å². The van der Waals surface area contributed by atoms with Gasteiger partial charge in [0.1, 0.15) is 0 Å². The molecule has 0 rings (SSSR count). The van der Waals surface area contributed by atoms with E-state index in [1.54, 1.807) is 6.92 Å². The molecule has 5 heteroatoms. The molecule has 174 valence electrons. The number of rotatable bonds is 21. The molecule has 0 aliphatic carbocycles. The SMILES string of the molecule is CCCCCCCCCCCCCCCCCCCC(=O)OC(CC)C(O)(O)O. The molecule has 3 N–H and O–H groups in total. The summed E-state index contributed by atoms with van der Waals surface area (Å²) in [7, 11) is 0. The van der Waals surface area contributed by atoms with Gasteiger partial charge in [-0.3, -0.25) is 4.79 Å².